The number of aliphatic hydroxyl groups excluding tert-OH is 1. The molecular formula is C25H24N2O5. The van der Waals surface area contributed by atoms with Crippen LogP contribution in [0.3, 0.4) is 0 Å². The summed E-state index contributed by atoms with van der Waals surface area (Å²) < 4.78 is 0. The minimum atomic E-state index is -1.09. The van der Waals surface area contributed by atoms with E-state index in [1.165, 1.54) is 24.6 Å². The molecule has 0 heterocycles. The molecule has 4 atom stereocenters. The molecule has 0 spiro atoms. The number of hydrogen-bond acceptors (Lipinski definition) is 5. The van der Waals surface area contributed by atoms with Crippen LogP contribution in [0.15, 0.2) is 42.5 Å². The summed E-state index contributed by atoms with van der Waals surface area (Å²) in [5.41, 5.74) is 1.21. The second-order valence-electron chi connectivity index (χ2n) is 8.96. The number of ketones is 2. The number of fused-ring (bicyclic) bond motifs is 4. The van der Waals surface area contributed by atoms with Crippen molar-refractivity contribution in [3.8, 4) is 0 Å². The van der Waals surface area contributed by atoms with Gasteiger partial charge in [0.15, 0.2) is 11.6 Å². The van der Waals surface area contributed by atoms with Gasteiger partial charge in [-0.15, -0.1) is 0 Å². The molecule has 0 aliphatic heterocycles. The second-order valence-corrected chi connectivity index (χ2v) is 8.96. The van der Waals surface area contributed by atoms with Gasteiger partial charge in [-0.05, 0) is 49.3 Å². The van der Waals surface area contributed by atoms with E-state index in [9.17, 15) is 24.3 Å². The van der Waals surface area contributed by atoms with Gasteiger partial charge in [0.05, 0.1) is 6.61 Å². The first-order valence-electron chi connectivity index (χ1n) is 11.0. The molecule has 3 N–H and O–H groups in total. The molecule has 164 valence electrons. The molecule has 2 fully saturated rings. The summed E-state index contributed by atoms with van der Waals surface area (Å²) >= 11 is 0. The number of nitrogens with one attached hydrogen (secondary N) is 2. The molecule has 0 saturated heterocycles. The van der Waals surface area contributed by atoms with E-state index < -0.39 is 24.5 Å². The van der Waals surface area contributed by atoms with Crippen molar-refractivity contribution in [3.05, 3.63) is 70.3 Å². The van der Waals surface area contributed by atoms with Gasteiger partial charge in [-0.3, -0.25) is 19.2 Å². The third-order valence-electron chi connectivity index (χ3n) is 7.06. The number of amides is 2. The molecule has 4 unspecified atom stereocenters. The summed E-state index contributed by atoms with van der Waals surface area (Å²) in [5, 5.41) is 15.2. The molecular weight excluding hydrogens is 408 g/mol. The van der Waals surface area contributed by atoms with Crippen LogP contribution < -0.4 is 10.6 Å². The lowest BCUT2D eigenvalue weighted by Crippen LogP contribution is -2.52. The van der Waals surface area contributed by atoms with Crippen LogP contribution in [0.25, 0.3) is 0 Å². The zero-order valence-corrected chi connectivity index (χ0v) is 17.5. The van der Waals surface area contributed by atoms with E-state index in [1.54, 1.807) is 24.3 Å². The Morgan fingerprint density at radius 3 is 2.25 bits per heavy atom. The molecule has 2 amide bonds. The Morgan fingerprint density at radius 2 is 1.62 bits per heavy atom. The standard InChI is InChI=1S/C25H24N2O5/c28-12-21(25(32)26-20-10-13-5-6-14(20)9-13)27-24(31)15-7-8-18-19(11-15)23(30)17-4-2-1-3-16(17)22(18)29/h1-4,7-8,11,13-14,20-21,28H,5-6,9-10,12H2,(H,26,32)(H,27,31). The molecule has 3 aliphatic carbocycles. The lowest BCUT2D eigenvalue weighted by atomic mass is 9.83. The third kappa shape index (κ3) is 3.42. The van der Waals surface area contributed by atoms with Crippen LogP contribution in [0.2, 0.25) is 0 Å². The van der Waals surface area contributed by atoms with Crippen LogP contribution in [-0.4, -0.2) is 47.2 Å². The largest absolute Gasteiger partial charge is 0.394 e. The zero-order valence-electron chi connectivity index (χ0n) is 17.5. The fourth-order valence-electron chi connectivity index (χ4n) is 5.38. The molecule has 2 aromatic carbocycles. The Bertz CT molecular complexity index is 1140. The van der Waals surface area contributed by atoms with Crippen molar-refractivity contribution < 1.29 is 24.3 Å². The maximum absolute atomic E-state index is 12.9. The number of hydrogen-bond donors (Lipinski definition) is 3. The van der Waals surface area contributed by atoms with E-state index in [0.29, 0.717) is 23.0 Å². The Labute approximate surface area is 185 Å². The Morgan fingerprint density at radius 1 is 0.938 bits per heavy atom. The highest BCUT2D eigenvalue weighted by atomic mass is 16.3. The lowest BCUT2D eigenvalue weighted by Gasteiger charge is -2.25. The van der Waals surface area contributed by atoms with Crippen molar-refractivity contribution in [1.82, 2.24) is 10.6 Å². The number of aliphatic hydroxyl groups is 1. The average Bonchev–Trinajstić information content (AvgIpc) is 3.43. The number of rotatable bonds is 5. The van der Waals surface area contributed by atoms with Crippen molar-refractivity contribution in [2.75, 3.05) is 6.61 Å². The van der Waals surface area contributed by atoms with Crippen molar-refractivity contribution in [2.24, 2.45) is 11.8 Å². The van der Waals surface area contributed by atoms with Gasteiger partial charge in [-0.25, -0.2) is 0 Å². The summed E-state index contributed by atoms with van der Waals surface area (Å²) in [6.45, 7) is -0.534. The van der Waals surface area contributed by atoms with Crippen molar-refractivity contribution in [3.63, 3.8) is 0 Å². The molecule has 3 aliphatic rings. The first-order valence-corrected chi connectivity index (χ1v) is 11.0. The van der Waals surface area contributed by atoms with Gasteiger partial charge in [0, 0.05) is 33.9 Å². The summed E-state index contributed by atoms with van der Waals surface area (Å²) in [6, 6.07) is 9.89. The van der Waals surface area contributed by atoms with Gasteiger partial charge in [-0.2, -0.15) is 0 Å². The first kappa shape index (κ1) is 20.6. The SMILES string of the molecule is O=C(NC(CO)C(=O)NC1CC2CCC1C2)c1ccc2c(c1)C(=O)c1ccccc1C2=O. The molecule has 32 heavy (non-hydrogen) atoms. The zero-order chi connectivity index (χ0) is 22.4. The van der Waals surface area contributed by atoms with Crippen LogP contribution in [-0.2, 0) is 4.79 Å². The van der Waals surface area contributed by atoms with E-state index >= 15 is 0 Å². The second kappa shape index (κ2) is 7.98. The predicted octanol–water partition coefficient (Wildman–Crippen LogP) is 1.86. The maximum atomic E-state index is 12.9. The maximum Gasteiger partial charge on any atom is 0.252 e. The molecule has 2 bridgehead atoms. The lowest BCUT2D eigenvalue weighted by molar-refractivity contribution is -0.124. The van der Waals surface area contributed by atoms with Crippen molar-refractivity contribution >= 4 is 23.4 Å². The number of carbonyl (C=O) groups excluding carboxylic acids is 4. The highest BCUT2D eigenvalue weighted by molar-refractivity contribution is 6.28. The van der Waals surface area contributed by atoms with Crippen LogP contribution in [0.1, 0.15) is 67.9 Å². The minimum absolute atomic E-state index is 0.0969. The summed E-state index contributed by atoms with van der Waals surface area (Å²) in [6.07, 6.45) is 4.40. The summed E-state index contributed by atoms with van der Waals surface area (Å²) in [4.78, 5) is 51.1. The molecule has 7 nitrogen and oxygen atoms in total. The van der Waals surface area contributed by atoms with E-state index in [-0.39, 0.29) is 34.3 Å². The van der Waals surface area contributed by atoms with Gasteiger partial charge in [0.25, 0.3) is 5.91 Å². The van der Waals surface area contributed by atoms with Gasteiger partial charge >= 0.3 is 0 Å². The normalized spacial score (nSPS) is 24.0. The predicted molar refractivity (Wildman–Crippen MR) is 115 cm³/mol. The fourth-order valence-corrected chi connectivity index (χ4v) is 5.38. The minimum Gasteiger partial charge on any atom is -0.394 e. The first-order chi connectivity index (χ1) is 15.5. The van der Waals surface area contributed by atoms with Crippen LogP contribution in [0, 0.1) is 11.8 Å². The van der Waals surface area contributed by atoms with Gasteiger partial charge in [0.2, 0.25) is 5.91 Å². The molecule has 5 rings (SSSR count). The number of benzene rings is 2. The van der Waals surface area contributed by atoms with Gasteiger partial charge in [-0.1, -0.05) is 30.7 Å². The Kier molecular flexibility index (Phi) is 5.13. The molecule has 0 radical (unpaired) electrons. The summed E-state index contributed by atoms with van der Waals surface area (Å²) in [7, 11) is 0. The van der Waals surface area contributed by atoms with Crippen molar-refractivity contribution in [2.45, 2.75) is 37.8 Å². The van der Waals surface area contributed by atoms with Crippen LogP contribution >= 0.6 is 0 Å². The van der Waals surface area contributed by atoms with Crippen molar-refractivity contribution in [1.29, 1.82) is 0 Å². The summed E-state index contributed by atoms with van der Waals surface area (Å²) in [5.74, 6) is -0.441. The van der Waals surface area contributed by atoms with E-state index in [0.717, 1.165) is 19.3 Å². The van der Waals surface area contributed by atoms with E-state index in [4.69, 9.17) is 0 Å². The van der Waals surface area contributed by atoms with Gasteiger partial charge in [0.1, 0.15) is 6.04 Å². The monoisotopic (exact) mass is 432 g/mol. The quantitative estimate of drug-likeness (QED) is 0.570. The third-order valence-corrected chi connectivity index (χ3v) is 7.06. The van der Waals surface area contributed by atoms with E-state index in [1.807, 2.05) is 0 Å². The van der Waals surface area contributed by atoms with Crippen LogP contribution in [0.4, 0.5) is 0 Å². The molecule has 2 saturated carbocycles. The average molecular weight is 432 g/mol. The highest BCUT2D eigenvalue weighted by Gasteiger charge is 2.41. The molecule has 2 aromatic rings. The molecule has 0 aromatic heterocycles. The Balaban J connectivity index is 1.31. The fraction of sp³-hybridized carbons (Fsp3) is 0.360. The van der Waals surface area contributed by atoms with E-state index in [2.05, 4.69) is 10.6 Å². The molecule has 7 heteroatoms. The van der Waals surface area contributed by atoms with Gasteiger partial charge < -0.3 is 15.7 Å². The topological polar surface area (TPSA) is 113 Å². The smallest absolute Gasteiger partial charge is 0.252 e. The Hall–Kier alpha value is -3.32. The van der Waals surface area contributed by atoms with Crippen LogP contribution in [0.5, 0.6) is 0 Å². The highest BCUT2D eigenvalue weighted by Crippen LogP contribution is 2.44. The number of carbonyl (C=O) groups is 4.